The summed E-state index contributed by atoms with van der Waals surface area (Å²) in [6, 6.07) is 1.71. The number of carbonyl (C=O) groups excluding carboxylic acids is 2. The first-order valence-electron chi connectivity index (χ1n) is 8.47. The predicted molar refractivity (Wildman–Crippen MR) is 98.2 cm³/mol. The maximum Gasteiger partial charge on any atom is 0.264 e. The summed E-state index contributed by atoms with van der Waals surface area (Å²) in [6.07, 6.45) is 0. The highest BCUT2D eigenvalue weighted by atomic mass is 32.1. The first kappa shape index (κ1) is 17.8. The first-order chi connectivity index (χ1) is 11.9. The zero-order chi connectivity index (χ0) is 18.1. The van der Waals surface area contributed by atoms with E-state index in [2.05, 4.69) is 16.9 Å². The second kappa shape index (κ2) is 7.09. The van der Waals surface area contributed by atoms with Gasteiger partial charge in [0.05, 0.1) is 10.6 Å². The number of piperazine rings is 1. The highest BCUT2D eigenvalue weighted by Crippen LogP contribution is 2.20. The number of aromatic nitrogens is 2. The Labute approximate surface area is 152 Å². The van der Waals surface area contributed by atoms with Gasteiger partial charge in [-0.05, 0) is 26.8 Å². The van der Waals surface area contributed by atoms with E-state index >= 15 is 0 Å². The van der Waals surface area contributed by atoms with Crippen LogP contribution in [0.2, 0.25) is 0 Å². The molecule has 2 aromatic rings. The lowest BCUT2D eigenvalue weighted by Crippen LogP contribution is -2.48. The number of hydrogen-bond acceptors (Lipinski definition) is 5. The summed E-state index contributed by atoms with van der Waals surface area (Å²) in [7, 11) is 1.97. The summed E-state index contributed by atoms with van der Waals surface area (Å²) in [5, 5.41) is 6.24. The summed E-state index contributed by atoms with van der Waals surface area (Å²) in [5.74, 6) is 0.0354. The fourth-order valence-corrected chi connectivity index (χ4v) is 4.08. The molecule has 0 N–H and O–H groups in total. The molecule has 0 aliphatic carbocycles. The average molecular weight is 360 g/mol. The van der Waals surface area contributed by atoms with E-state index in [-0.39, 0.29) is 11.7 Å². The van der Waals surface area contributed by atoms with E-state index < -0.39 is 0 Å². The van der Waals surface area contributed by atoms with Crippen LogP contribution in [-0.4, -0.2) is 57.4 Å². The predicted octanol–water partition coefficient (Wildman–Crippen LogP) is 2.26. The third-order valence-corrected chi connectivity index (χ3v) is 5.84. The number of nitrogens with zero attached hydrogens (tertiary/aromatic N) is 4. The highest BCUT2D eigenvalue weighted by Gasteiger charge is 2.24. The Balaban J connectivity index is 1.59. The van der Waals surface area contributed by atoms with Crippen molar-refractivity contribution in [2.24, 2.45) is 7.05 Å². The molecule has 3 heterocycles. The van der Waals surface area contributed by atoms with Crippen LogP contribution >= 0.6 is 11.3 Å². The van der Waals surface area contributed by atoms with Crippen LogP contribution < -0.4 is 0 Å². The molecule has 6 nitrogen and oxygen atoms in total. The van der Waals surface area contributed by atoms with E-state index in [4.69, 9.17) is 0 Å². The van der Waals surface area contributed by atoms with E-state index in [1.807, 2.05) is 23.6 Å². The van der Waals surface area contributed by atoms with Gasteiger partial charge in [0, 0.05) is 62.0 Å². The van der Waals surface area contributed by atoms with Gasteiger partial charge in [0.1, 0.15) is 0 Å². The van der Waals surface area contributed by atoms with Crippen molar-refractivity contribution in [3.05, 3.63) is 38.8 Å². The Morgan fingerprint density at radius 3 is 2.40 bits per heavy atom. The Hall–Kier alpha value is -1.99. The van der Waals surface area contributed by atoms with E-state index in [1.54, 1.807) is 11.4 Å². The molecule has 25 heavy (non-hydrogen) atoms. The molecular weight excluding hydrogens is 336 g/mol. The van der Waals surface area contributed by atoms with Crippen molar-refractivity contribution in [2.75, 3.05) is 26.2 Å². The molecule has 2 aromatic heterocycles. The summed E-state index contributed by atoms with van der Waals surface area (Å²) < 4.78 is 1.92. The molecule has 0 aromatic carbocycles. The molecule has 0 bridgehead atoms. The summed E-state index contributed by atoms with van der Waals surface area (Å²) in [5.41, 5.74) is 4.18. The number of carbonyl (C=O) groups is 2. The van der Waals surface area contributed by atoms with Gasteiger partial charge in [-0.1, -0.05) is 0 Å². The van der Waals surface area contributed by atoms with Crippen LogP contribution in [0.3, 0.4) is 0 Å². The van der Waals surface area contributed by atoms with Gasteiger partial charge in [0.2, 0.25) is 0 Å². The molecule has 7 heteroatoms. The Morgan fingerprint density at radius 1 is 1.20 bits per heavy atom. The quantitative estimate of drug-likeness (QED) is 0.785. The monoisotopic (exact) mass is 360 g/mol. The molecule has 0 atom stereocenters. The third-order valence-electron chi connectivity index (χ3n) is 4.92. The smallest absolute Gasteiger partial charge is 0.264 e. The summed E-state index contributed by atoms with van der Waals surface area (Å²) in [4.78, 5) is 28.9. The van der Waals surface area contributed by atoms with Crippen molar-refractivity contribution < 1.29 is 9.59 Å². The van der Waals surface area contributed by atoms with E-state index in [1.165, 1.54) is 29.5 Å². The van der Waals surface area contributed by atoms with Crippen molar-refractivity contribution in [2.45, 2.75) is 27.3 Å². The number of aryl methyl sites for hydroxylation is 2. The van der Waals surface area contributed by atoms with Gasteiger partial charge in [-0.25, -0.2) is 0 Å². The van der Waals surface area contributed by atoms with E-state index in [0.29, 0.717) is 23.5 Å². The second-order valence-electron chi connectivity index (χ2n) is 6.60. The lowest BCUT2D eigenvalue weighted by Gasteiger charge is -2.34. The molecule has 1 aliphatic rings. The minimum Gasteiger partial charge on any atom is -0.335 e. The zero-order valence-electron chi connectivity index (χ0n) is 15.2. The molecule has 0 spiro atoms. The number of amides is 1. The topological polar surface area (TPSA) is 58.4 Å². The molecule has 0 saturated carbocycles. The molecule has 1 fully saturated rings. The van der Waals surface area contributed by atoms with Gasteiger partial charge in [-0.15, -0.1) is 11.3 Å². The number of Topliss-reactive ketones (excluding diaryl/α,β-unsaturated/α-hetero) is 1. The number of rotatable bonds is 4. The van der Waals surface area contributed by atoms with Crippen LogP contribution in [0.1, 0.15) is 43.9 Å². The third kappa shape index (κ3) is 3.67. The molecule has 1 aliphatic heterocycles. The van der Waals surface area contributed by atoms with Crippen molar-refractivity contribution >= 4 is 23.0 Å². The first-order valence-corrected chi connectivity index (χ1v) is 9.35. The van der Waals surface area contributed by atoms with Crippen molar-refractivity contribution in [1.29, 1.82) is 0 Å². The zero-order valence-corrected chi connectivity index (χ0v) is 16.0. The number of hydrogen-bond donors (Lipinski definition) is 0. The fourth-order valence-electron chi connectivity index (χ4n) is 3.17. The summed E-state index contributed by atoms with van der Waals surface area (Å²) >= 11 is 1.35. The number of ketones is 1. The van der Waals surface area contributed by atoms with E-state index in [0.717, 1.165) is 25.3 Å². The summed E-state index contributed by atoms with van der Waals surface area (Å²) in [6.45, 7) is 9.67. The lowest BCUT2D eigenvalue weighted by molar-refractivity contribution is 0.0632. The van der Waals surface area contributed by atoms with Crippen LogP contribution in [0.25, 0.3) is 0 Å². The van der Waals surface area contributed by atoms with Gasteiger partial charge in [0.25, 0.3) is 5.91 Å². The Kier molecular flexibility index (Phi) is 5.06. The highest BCUT2D eigenvalue weighted by molar-refractivity contribution is 7.12. The standard InChI is InChI=1S/C18H24N4O2S/c1-12-16(13(2)20(4)19-12)10-21-5-7-22(8-6-21)18(24)17-9-15(11-25-17)14(3)23/h9,11H,5-8,10H2,1-4H3. The van der Waals surface area contributed by atoms with Crippen LogP contribution in [0.4, 0.5) is 0 Å². The maximum absolute atomic E-state index is 12.6. The normalized spacial score (nSPS) is 15.6. The van der Waals surface area contributed by atoms with Crippen LogP contribution in [0.15, 0.2) is 11.4 Å². The Morgan fingerprint density at radius 2 is 1.88 bits per heavy atom. The van der Waals surface area contributed by atoms with Crippen LogP contribution in [-0.2, 0) is 13.6 Å². The van der Waals surface area contributed by atoms with Crippen LogP contribution in [0.5, 0.6) is 0 Å². The van der Waals surface area contributed by atoms with Crippen molar-refractivity contribution in [3.63, 3.8) is 0 Å². The van der Waals surface area contributed by atoms with Gasteiger partial charge in [0.15, 0.2) is 5.78 Å². The molecule has 134 valence electrons. The fraction of sp³-hybridized carbons (Fsp3) is 0.500. The molecule has 1 amide bonds. The van der Waals surface area contributed by atoms with Gasteiger partial charge in [-0.3, -0.25) is 19.2 Å². The molecule has 0 radical (unpaired) electrons. The van der Waals surface area contributed by atoms with Crippen molar-refractivity contribution in [3.8, 4) is 0 Å². The number of thiophene rings is 1. The molecular formula is C18H24N4O2S. The van der Waals surface area contributed by atoms with Gasteiger partial charge in [-0.2, -0.15) is 5.10 Å². The largest absolute Gasteiger partial charge is 0.335 e. The average Bonchev–Trinajstić information content (AvgIpc) is 3.16. The second-order valence-corrected chi connectivity index (χ2v) is 7.51. The van der Waals surface area contributed by atoms with Gasteiger partial charge >= 0.3 is 0 Å². The van der Waals surface area contributed by atoms with Crippen LogP contribution in [0, 0.1) is 13.8 Å². The minimum atomic E-state index is 0.00216. The molecule has 0 unspecified atom stereocenters. The lowest BCUT2D eigenvalue weighted by atomic mass is 10.1. The minimum absolute atomic E-state index is 0.00216. The van der Waals surface area contributed by atoms with Gasteiger partial charge < -0.3 is 4.90 Å². The van der Waals surface area contributed by atoms with Crippen molar-refractivity contribution in [1.82, 2.24) is 19.6 Å². The maximum atomic E-state index is 12.6. The Bertz CT molecular complexity index is 800. The van der Waals surface area contributed by atoms with E-state index in [9.17, 15) is 9.59 Å². The molecule has 1 saturated heterocycles. The SMILES string of the molecule is CC(=O)c1csc(C(=O)N2CCN(Cc3c(C)nn(C)c3C)CC2)c1. The molecule has 3 rings (SSSR count).